The smallest absolute Gasteiger partial charge is 0.313 e. The molecule has 0 saturated carbocycles. The molecule has 0 saturated heterocycles. The van der Waals surface area contributed by atoms with Gasteiger partial charge in [-0.2, -0.15) is 11.8 Å². The van der Waals surface area contributed by atoms with E-state index in [2.05, 4.69) is 23.4 Å². The zero-order valence-electron chi connectivity index (χ0n) is 10.0. The van der Waals surface area contributed by atoms with Crippen LogP contribution in [0.1, 0.15) is 19.2 Å². The van der Waals surface area contributed by atoms with Crippen molar-refractivity contribution >= 4 is 29.5 Å². The summed E-state index contributed by atoms with van der Waals surface area (Å²) in [5.41, 5.74) is 0. The zero-order valence-corrected chi connectivity index (χ0v) is 11.7. The zero-order chi connectivity index (χ0) is 12.7. The fraction of sp³-hybridized carbons (Fsp3) is 0.700. The first-order valence-electron chi connectivity index (χ1n) is 5.44. The van der Waals surface area contributed by atoms with Crippen molar-refractivity contribution in [3.63, 3.8) is 0 Å². The molecule has 7 heteroatoms. The SMILES string of the molecule is CCCn1c(CCSC)nnc1SCC(=O)O. The molecular weight excluding hydrogens is 258 g/mol. The van der Waals surface area contributed by atoms with Crippen LogP contribution in [0.15, 0.2) is 5.16 Å². The van der Waals surface area contributed by atoms with Gasteiger partial charge in [0, 0.05) is 18.7 Å². The van der Waals surface area contributed by atoms with Crippen LogP contribution in [0.3, 0.4) is 0 Å². The average molecular weight is 275 g/mol. The highest BCUT2D eigenvalue weighted by Crippen LogP contribution is 2.18. The summed E-state index contributed by atoms with van der Waals surface area (Å²) in [7, 11) is 0. The van der Waals surface area contributed by atoms with Crippen molar-refractivity contribution in [2.24, 2.45) is 0 Å². The van der Waals surface area contributed by atoms with Crippen LogP contribution >= 0.6 is 23.5 Å². The van der Waals surface area contributed by atoms with E-state index in [0.717, 1.165) is 31.0 Å². The van der Waals surface area contributed by atoms with E-state index < -0.39 is 5.97 Å². The maximum absolute atomic E-state index is 10.5. The molecule has 0 spiro atoms. The highest BCUT2D eigenvalue weighted by molar-refractivity contribution is 7.99. The van der Waals surface area contributed by atoms with Crippen LogP contribution in [0.2, 0.25) is 0 Å². The normalized spacial score (nSPS) is 10.7. The number of aliphatic carboxylic acids is 1. The number of hydrogen-bond donors (Lipinski definition) is 1. The van der Waals surface area contributed by atoms with Crippen LogP contribution in [0.25, 0.3) is 0 Å². The van der Waals surface area contributed by atoms with E-state index in [1.54, 1.807) is 11.8 Å². The minimum Gasteiger partial charge on any atom is -0.481 e. The Morgan fingerprint density at radius 2 is 2.24 bits per heavy atom. The minimum absolute atomic E-state index is 0.0321. The number of thioether (sulfide) groups is 2. The summed E-state index contributed by atoms with van der Waals surface area (Å²) in [6, 6.07) is 0. The molecule has 0 unspecified atom stereocenters. The first-order chi connectivity index (χ1) is 8.19. The van der Waals surface area contributed by atoms with Crippen LogP contribution in [0, 0.1) is 0 Å². The molecule has 17 heavy (non-hydrogen) atoms. The molecule has 1 rings (SSSR count). The molecule has 1 N–H and O–H groups in total. The molecule has 0 aliphatic heterocycles. The number of aromatic nitrogens is 3. The lowest BCUT2D eigenvalue weighted by atomic mass is 10.4. The van der Waals surface area contributed by atoms with E-state index in [1.807, 2.05) is 4.57 Å². The van der Waals surface area contributed by atoms with Crippen LogP contribution < -0.4 is 0 Å². The van der Waals surface area contributed by atoms with E-state index in [9.17, 15) is 4.79 Å². The van der Waals surface area contributed by atoms with Crippen molar-refractivity contribution in [3.05, 3.63) is 5.82 Å². The lowest BCUT2D eigenvalue weighted by molar-refractivity contribution is -0.133. The highest BCUT2D eigenvalue weighted by atomic mass is 32.2. The van der Waals surface area contributed by atoms with Crippen molar-refractivity contribution in [3.8, 4) is 0 Å². The van der Waals surface area contributed by atoms with E-state index in [0.29, 0.717) is 5.16 Å². The Kier molecular flexibility index (Phi) is 6.43. The first kappa shape index (κ1) is 14.4. The van der Waals surface area contributed by atoms with Crippen LogP contribution in [0.5, 0.6) is 0 Å². The Labute approximate surface area is 109 Å². The lowest BCUT2D eigenvalue weighted by Gasteiger charge is -2.07. The molecule has 0 aromatic carbocycles. The van der Waals surface area contributed by atoms with Crippen molar-refractivity contribution in [2.75, 3.05) is 17.8 Å². The van der Waals surface area contributed by atoms with Gasteiger partial charge in [-0.05, 0) is 12.7 Å². The third-order valence-corrected chi connectivity index (χ3v) is 3.66. The first-order valence-corrected chi connectivity index (χ1v) is 7.82. The van der Waals surface area contributed by atoms with Gasteiger partial charge in [0.05, 0.1) is 5.75 Å². The highest BCUT2D eigenvalue weighted by Gasteiger charge is 2.12. The molecule has 1 aromatic rings. The topological polar surface area (TPSA) is 68.0 Å². The Hall–Kier alpha value is -0.690. The van der Waals surface area contributed by atoms with Gasteiger partial charge in [0.1, 0.15) is 5.82 Å². The quantitative estimate of drug-likeness (QED) is 0.729. The van der Waals surface area contributed by atoms with Crippen molar-refractivity contribution in [2.45, 2.75) is 31.5 Å². The fourth-order valence-electron chi connectivity index (χ4n) is 1.38. The largest absolute Gasteiger partial charge is 0.481 e. The second-order valence-electron chi connectivity index (χ2n) is 3.48. The summed E-state index contributed by atoms with van der Waals surface area (Å²) < 4.78 is 2.03. The Morgan fingerprint density at radius 3 is 2.82 bits per heavy atom. The Morgan fingerprint density at radius 1 is 1.47 bits per heavy atom. The second kappa shape index (κ2) is 7.60. The van der Waals surface area contributed by atoms with Gasteiger partial charge >= 0.3 is 5.97 Å². The summed E-state index contributed by atoms with van der Waals surface area (Å²) in [5, 5.41) is 17.6. The summed E-state index contributed by atoms with van der Waals surface area (Å²) in [5.74, 6) is 1.16. The fourth-order valence-corrected chi connectivity index (χ4v) is 2.47. The monoisotopic (exact) mass is 275 g/mol. The molecule has 0 radical (unpaired) electrons. The number of nitrogens with zero attached hydrogens (tertiary/aromatic N) is 3. The van der Waals surface area contributed by atoms with Gasteiger partial charge < -0.3 is 9.67 Å². The third-order valence-electron chi connectivity index (χ3n) is 2.10. The van der Waals surface area contributed by atoms with E-state index in [4.69, 9.17) is 5.11 Å². The van der Waals surface area contributed by atoms with Gasteiger partial charge in [-0.1, -0.05) is 18.7 Å². The van der Waals surface area contributed by atoms with E-state index >= 15 is 0 Å². The molecule has 0 aliphatic carbocycles. The number of carboxylic acids is 1. The van der Waals surface area contributed by atoms with Gasteiger partial charge in [0.25, 0.3) is 0 Å². The van der Waals surface area contributed by atoms with Gasteiger partial charge in [-0.15, -0.1) is 10.2 Å². The number of carboxylic acid groups (broad SMARTS) is 1. The minimum atomic E-state index is -0.827. The molecule has 0 bridgehead atoms. The molecule has 1 aromatic heterocycles. The number of carbonyl (C=O) groups is 1. The Bertz CT molecular complexity index is 368. The number of hydrogen-bond acceptors (Lipinski definition) is 5. The predicted octanol–water partition coefficient (Wildman–Crippen LogP) is 1.77. The molecule has 0 amide bonds. The van der Waals surface area contributed by atoms with E-state index in [-0.39, 0.29) is 5.75 Å². The average Bonchev–Trinajstić information content (AvgIpc) is 2.67. The predicted molar refractivity (Wildman–Crippen MR) is 70.8 cm³/mol. The maximum Gasteiger partial charge on any atom is 0.313 e. The van der Waals surface area contributed by atoms with Crippen molar-refractivity contribution in [1.29, 1.82) is 0 Å². The molecule has 0 fully saturated rings. The number of rotatable bonds is 8. The number of aryl methyl sites for hydroxylation is 1. The Balaban J connectivity index is 2.74. The molecule has 5 nitrogen and oxygen atoms in total. The molecular formula is C10H17N3O2S2. The van der Waals surface area contributed by atoms with Crippen molar-refractivity contribution < 1.29 is 9.90 Å². The lowest BCUT2D eigenvalue weighted by Crippen LogP contribution is -2.07. The maximum atomic E-state index is 10.5. The van der Waals surface area contributed by atoms with Gasteiger partial charge in [-0.3, -0.25) is 4.79 Å². The summed E-state index contributed by atoms with van der Waals surface area (Å²) in [6.07, 6.45) is 3.92. The molecule has 0 atom stereocenters. The van der Waals surface area contributed by atoms with Crippen LogP contribution in [-0.2, 0) is 17.8 Å². The summed E-state index contributed by atoms with van der Waals surface area (Å²) in [4.78, 5) is 10.5. The summed E-state index contributed by atoms with van der Waals surface area (Å²) >= 11 is 3.00. The second-order valence-corrected chi connectivity index (χ2v) is 5.40. The van der Waals surface area contributed by atoms with Crippen LogP contribution in [0.4, 0.5) is 0 Å². The standard InChI is InChI=1S/C10H17N3O2S2/c1-3-5-13-8(4-6-16-2)11-12-10(13)17-7-9(14)15/h3-7H2,1-2H3,(H,14,15). The van der Waals surface area contributed by atoms with Crippen molar-refractivity contribution in [1.82, 2.24) is 14.8 Å². The van der Waals surface area contributed by atoms with Gasteiger partial charge in [0.15, 0.2) is 5.16 Å². The van der Waals surface area contributed by atoms with Crippen LogP contribution in [-0.4, -0.2) is 43.6 Å². The van der Waals surface area contributed by atoms with E-state index in [1.165, 1.54) is 11.8 Å². The molecule has 96 valence electrons. The molecule has 0 aliphatic rings. The third kappa shape index (κ3) is 4.59. The summed E-state index contributed by atoms with van der Waals surface area (Å²) in [6.45, 7) is 2.93. The van der Waals surface area contributed by atoms with Gasteiger partial charge in [-0.25, -0.2) is 0 Å². The molecule has 1 heterocycles. The van der Waals surface area contributed by atoms with Gasteiger partial charge in [0.2, 0.25) is 0 Å².